The van der Waals surface area contributed by atoms with Crippen molar-refractivity contribution >= 4 is 23.2 Å². The molecule has 5 unspecified atom stereocenters. The van der Waals surface area contributed by atoms with Crippen molar-refractivity contribution in [3.05, 3.63) is 69.0 Å². The lowest BCUT2D eigenvalue weighted by Gasteiger charge is -2.35. The van der Waals surface area contributed by atoms with Crippen LogP contribution in [0.25, 0.3) is 0 Å². The first kappa shape index (κ1) is 32.2. The maximum atomic E-state index is 12.4. The van der Waals surface area contributed by atoms with Crippen molar-refractivity contribution in [2.24, 2.45) is 0 Å². The lowest BCUT2D eigenvalue weighted by molar-refractivity contribution is -0.246. The molecule has 4 rings (SSSR count). The van der Waals surface area contributed by atoms with Crippen LogP contribution in [0.5, 0.6) is 0 Å². The molecule has 19 heteroatoms. The Labute approximate surface area is 233 Å². The zero-order chi connectivity index (χ0) is 29.8. The number of phosphoric acid groups is 2. The fourth-order valence-electron chi connectivity index (χ4n) is 4.36. The Bertz CT molecular complexity index is 1450. The number of benzene rings is 1. The molecular weight excluding hydrogens is 609 g/mol. The van der Waals surface area contributed by atoms with Gasteiger partial charge in [0.1, 0.15) is 25.9 Å². The van der Waals surface area contributed by atoms with E-state index in [9.17, 15) is 38.0 Å². The summed E-state index contributed by atoms with van der Waals surface area (Å²) in [6.45, 7) is 0.941. The second-order valence-corrected chi connectivity index (χ2v) is 14.3. The number of nitrogens with one attached hydrogen (secondary N) is 1. The molecule has 0 saturated carbocycles. The molecule has 0 spiro atoms. The maximum absolute atomic E-state index is 12.4. The van der Waals surface area contributed by atoms with Crippen LogP contribution in [0.2, 0.25) is 0 Å². The van der Waals surface area contributed by atoms with Crippen LogP contribution in [0.4, 0.5) is 0 Å². The molecule has 2 saturated heterocycles. The predicted molar refractivity (Wildman–Crippen MR) is 134 cm³/mol. The molecular formula is C22H28N2O14P3-3. The fourth-order valence-corrected chi connectivity index (χ4v) is 8.40. The van der Waals surface area contributed by atoms with E-state index in [1.54, 1.807) is 6.92 Å². The Hall–Kier alpha value is -1.77. The molecule has 2 aromatic rings. The highest BCUT2D eigenvalue weighted by molar-refractivity contribution is 7.66. The third kappa shape index (κ3) is 8.87. The topological polar surface area (TPSA) is 231 Å². The highest BCUT2D eigenvalue weighted by Gasteiger charge is 2.54. The predicted octanol–water partition coefficient (Wildman–Crippen LogP) is 0.517. The summed E-state index contributed by atoms with van der Waals surface area (Å²) in [5.41, 5.74) is -0.632. The van der Waals surface area contributed by atoms with Gasteiger partial charge in [-0.15, -0.1) is 0 Å². The van der Waals surface area contributed by atoms with Crippen LogP contribution in [0.3, 0.4) is 0 Å². The monoisotopic (exact) mass is 637 g/mol. The molecule has 41 heavy (non-hydrogen) atoms. The molecule has 0 bridgehead atoms. The highest BCUT2D eigenvalue weighted by Crippen LogP contribution is 2.63. The third-order valence-electron chi connectivity index (χ3n) is 6.13. The van der Waals surface area contributed by atoms with Crippen molar-refractivity contribution in [1.29, 1.82) is 0 Å². The van der Waals surface area contributed by atoms with Gasteiger partial charge in [-0.05, 0) is 12.0 Å². The number of fused-ring (bicyclic) bond motifs is 1. The molecule has 1 N–H and O–H groups in total. The highest BCUT2D eigenvalue weighted by atomic mass is 31.3. The van der Waals surface area contributed by atoms with E-state index in [2.05, 4.69) is 18.1 Å². The van der Waals surface area contributed by atoms with E-state index in [4.69, 9.17) is 14.2 Å². The number of rotatable bonds is 14. The summed E-state index contributed by atoms with van der Waals surface area (Å²) in [6.07, 6.45) is -3.14. The second kappa shape index (κ2) is 13.3. The van der Waals surface area contributed by atoms with Gasteiger partial charge in [0.05, 0.1) is 6.61 Å². The summed E-state index contributed by atoms with van der Waals surface area (Å²) in [6, 6.07) is 10.2. The van der Waals surface area contributed by atoms with E-state index in [1.165, 1.54) is 0 Å². The molecule has 0 amide bonds. The van der Waals surface area contributed by atoms with Crippen molar-refractivity contribution in [2.75, 3.05) is 12.8 Å². The van der Waals surface area contributed by atoms with Gasteiger partial charge >= 0.3 is 5.69 Å². The largest absolute Gasteiger partial charge is 0.778 e. The van der Waals surface area contributed by atoms with Gasteiger partial charge in [-0.25, -0.2) is 9.11 Å². The van der Waals surface area contributed by atoms with Crippen molar-refractivity contribution in [3.63, 3.8) is 0 Å². The molecule has 2 aliphatic rings. The third-order valence-corrected chi connectivity index (χ3v) is 10.9. The molecule has 8 atom stereocenters. The zero-order valence-corrected chi connectivity index (χ0v) is 24.4. The molecule has 228 valence electrons. The van der Waals surface area contributed by atoms with Gasteiger partial charge in [0, 0.05) is 24.8 Å². The summed E-state index contributed by atoms with van der Waals surface area (Å²) in [4.78, 5) is 62.2. The normalized spacial score (nSPS) is 28.4. The molecule has 2 aliphatic heterocycles. The number of hydrogen-bond donors (Lipinski definition) is 1. The zero-order valence-electron chi connectivity index (χ0n) is 21.7. The van der Waals surface area contributed by atoms with Gasteiger partial charge in [-0.2, -0.15) is 0 Å². The molecule has 16 nitrogen and oxygen atoms in total. The standard InChI is InChI=1S/C22H31N2O14P3/c1-2-3-7-12-39(27,28)37-41(31,32)38-40(29,30)33-14-16-19-20(21(34-16)24-11-10-17(25)23-22(24)26)36-18(35-19)13-15-8-5-4-6-9-15/h4-6,8-11,16,18-21H,2-3,7,12-14H2,1H3,(H,27,28)(H,29,30)(H,31,32)(H,23,25,26)/p-3/t16-,18?,19?,20+,21-/m1/s1. The summed E-state index contributed by atoms with van der Waals surface area (Å²) < 4.78 is 67.5. The van der Waals surface area contributed by atoms with E-state index >= 15 is 0 Å². The molecule has 0 aliphatic carbocycles. The Morgan fingerprint density at radius 1 is 0.927 bits per heavy atom. The summed E-state index contributed by atoms with van der Waals surface area (Å²) in [5.74, 6) is 0. The smallest absolute Gasteiger partial charge is 0.330 e. The summed E-state index contributed by atoms with van der Waals surface area (Å²) in [7, 11) is -16.5. The summed E-state index contributed by atoms with van der Waals surface area (Å²) >= 11 is 0. The van der Waals surface area contributed by atoms with Gasteiger partial charge in [0.2, 0.25) is 0 Å². The van der Waals surface area contributed by atoms with Crippen LogP contribution in [0, 0.1) is 0 Å². The fraction of sp³-hybridized carbons (Fsp3) is 0.545. The number of aromatic amines is 1. The average molecular weight is 637 g/mol. The molecule has 0 radical (unpaired) electrons. The van der Waals surface area contributed by atoms with E-state index in [0.29, 0.717) is 19.3 Å². The van der Waals surface area contributed by atoms with Crippen LogP contribution in [-0.2, 0) is 47.5 Å². The summed E-state index contributed by atoms with van der Waals surface area (Å²) in [5, 5.41) is 0. The van der Waals surface area contributed by atoms with Gasteiger partial charge in [-0.1, -0.05) is 50.1 Å². The van der Waals surface area contributed by atoms with Crippen molar-refractivity contribution < 1.29 is 55.7 Å². The van der Waals surface area contributed by atoms with Gasteiger partial charge in [-0.3, -0.25) is 27.8 Å². The minimum atomic E-state index is -5.89. The lowest BCUT2D eigenvalue weighted by atomic mass is 10.1. The first-order valence-electron chi connectivity index (χ1n) is 12.6. The maximum Gasteiger partial charge on any atom is 0.330 e. The minimum absolute atomic E-state index is 0.108. The van der Waals surface area contributed by atoms with Gasteiger partial charge in [0.15, 0.2) is 12.5 Å². The van der Waals surface area contributed by atoms with Crippen molar-refractivity contribution in [1.82, 2.24) is 9.55 Å². The molecule has 1 aromatic heterocycles. The lowest BCUT2D eigenvalue weighted by Crippen LogP contribution is -2.36. The first-order valence-corrected chi connectivity index (χ1v) is 17.2. The van der Waals surface area contributed by atoms with Crippen LogP contribution < -0.4 is 25.9 Å². The van der Waals surface area contributed by atoms with E-state index in [-0.39, 0.29) is 6.42 Å². The minimum Gasteiger partial charge on any atom is -0.778 e. The average Bonchev–Trinajstić information content (AvgIpc) is 3.41. The van der Waals surface area contributed by atoms with Gasteiger partial charge < -0.3 is 38.0 Å². The van der Waals surface area contributed by atoms with E-state index in [1.807, 2.05) is 30.3 Å². The number of aromatic nitrogens is 2. The SMILES string of the molecule is CCCCCP(=O)([O-])OP(=O)([O-])OP(=O)([O-])OC[C@H]1O[C@@H](n2ccc(=O)[nH]c2=O)[C@H]2OC(Cc3ccccc3)OC12. The molecule has 2 fully saturated rings. The number of H-pyrrole nitrogens is 1. The quantitative estimate of drug-likeness (QED) is 0.220. The Morgan fingerprint density at radius 2 is 1.63 bits per heavy atom. The van der Waals surface area contributed by atoms with E-state index < -0.39 is 78.1 Å². The number of hydrogen-bond acceptors (Lipinski definition) is 14. The Balaban J connectivity index is 1.45. The van der Waals surface area contributed by atoms with E-state index in [0.717, 1.165) is 22.4 Å². The number of phosphoric ester groups is 1. The number of nitrogens with zero attached hydrogens (tertiary/aromatic N) is 1. The van der Waals surface area contributed by atoms with Gasteiger partial charge in [0.25, 0.3) is 21.2 Å². The second-order valence-electron chi connectivity index (χ2n) is 9.30. The van der Waals surface area contributed by atoms with Crippen LogP contribution in [0.15, 0.2) is 52.2 Å². The van der Waals surface area contributed by atoms with Crippen LogP contribution in [-0.4, -0.2) is 46.9 Å². The van der Waals surface area contributed by atoms with Crippen LogP contribution >= 0.6 is 23.2 Å². The number of unbranched alkanes of at least 4 members (excludes halogenated alkanes) is 2. The number of ether oxygens (including phenoxy) is 3. The van der Waals surface area contributed by atoms with Crippen molar-refractivity contribution in [3.8, 4) is 0 Å². The Morgan fingerprint density at radius 3 is 2.32 bits per heavy atom. The first-order chi connectivity index (χ1) is 19.3. The van der Waals surface area contributed by atoms with Crippen LogP contribution in [0.1, 0.15) is 38.0 Å². The van der Waals surface area contributed by atoms with Crippen molar-refractivity contribution in [2.45, 2.75) is 63.4 Å². The Kier molecular flexibility index (Phi) is 10.4. The molecule has 1 aromatic carbocycles. The molecule has 3 heterocycles.